The average Bonchev–Trinajstić information content (AvgIpc) is 2.33. The van der Waals surface area contributed by atoms with Crippen LogP contribution in [-0.4, -0.2) is 15.0 Å². The Morgan fingerprint density at radius 3 is 2.90 bits per heavy atom. The van der Waals surface area contributed by atoms with Crippen molar-refractivity contribution < 1.29 is 4.39 Å². The van der Waals surface area contributed by atoms with Gasteiger partial charge in [0.25, 0.3) is 0 Å². The molecule has 0 N–H and O–H groups in total. The molecule has 10 heavy (non-hydrogen) atoms. The van der Waals surface area contributed by atoms with E-state index in [0.717, 1.165) is 5.32 Å². The van der Waals surface area contributed by atoms with Crippen LogP contribution in [0.5, 0.6) is 0 Å². The van der Waals surface area contributed by atoms with Gasteiger partial charge in [-0.05, 0) is 0 Å². The molecule has 0 bridgehead atoms. The van der Waals surface area contributed by atoms with Crippen molar-refractivity contribution in [1.29, 1.82) is 0 Å². The van der Waals surface area contributed by atoms with Crippen LogP contribution in [0.1, 0.15) is 11.1 Å². The van der Waals surface area contributed by atoms with E-state index >= 15 is 0 Å². The van der Waals surface area contributed by atoms with Crippen LogP contribution >= 0.6 is 0 Å². The molecular weight excluding hydrogens is 194 g/mol. The summed E-state index contributed by atoms with van der Waals surface area (Å²) in [7, 11) is 0. The van der Waals surface area contributed by atoms with Crippen molar-refractivity contribution in [2.45, 2.75) is 10.6 Å². The molecule has 0 atom stereocenters. The summed E-state index contributed by atoms with van der Waals surface area (Å²) >= 11 is 0.704. The molecule has 0 saturated carbocycles. The minimum absolute atomic E-state index is 0.0866. The van der Waals surface area contributed by atoms with Crippen LogP contribution < -0.4 is 0 Å². The van der Waals surface area contributed by atoms with Crippen molar-refractivity contribution in [3.63, 3.8) is 0 Å². The number of fused-ring (bicyclic) bond motifs is 1. The Kier molecular flexibility index (Phi) is 1.51. The summed E-state index contributed by atoms with van der Waals surface area (Å²) in [6.07, 6.45) is 0. The van der Waals surface area contributed by atoms with E-state index in [1.54, 1.807) is 12.1 Å². The van der Waals surface area contributed by atoms with Gasteiger partial charge in [0.05, 0.1) is 0 Å². The third-order valence-corrected chi connectivity index (χ3v) is 3.84. The molecule has 1 aromatic carbocycles. The fraction of sp³-hybridized carbons (Fsp3) is 0.250. The van der Waals surface area contributed by atoms with E-state index in [-0.39, 0.29) is 5.82 Å². The molecule has 0 radical (unpaired) electrons. The molecule has 0 unspecified atom stereocenters. The second-order valence-corrected chi connectivity index (χ2v) is 4.47. The molecule has 0 amide bonds. The van der Waals surface area contributed by atoms with Crippen LogP contribution in [-0.2, 0) is 10.6 Å². The van der Waals surface area contributed by atoms with Crippen LogP contribution in [0.4, 0.5) is 4.39 Å². The SMILES string of the molecule is Fc1ccc2c(c1)C[Se]C2. The average molecular weight is 201 g/mol. The summed E-state index contributed by atoms with van der Waals surface area (Å²) in [5.74, 6) is -0.0866. The third-order valence-electron chi connectivity index (χ3n) is 1.68. The summed E-state index contributed by atoms with van der Waals surface area (Å²) in [5.41, 5.74) is 2.60. The van der Waals surface area contributed by atoms with Gasteiger partial charge in [0.1, 0.15) is 0 Å². The molecule has 2 heteroatoms. The normalized spacial score (nSPS) is 15.3. The molecule has 0 aromatic heterocycles. The Bertz CT molecular complexity index is 257. The topological polar surface area (TPSA) is 0 Å². The van der Waals surface area contributed by atoms with E-state index in [0.29, 0.717) is 15.0 Å². The van der Waals surface area contributed by atoms with Gasteiger partial charge in [-0.2, -0.15) is 0 Å². The summed E-state index contributed by atoms with van der Waals surface area (Å²) < 4.78 is 12.6. The van der Waals surface area contributed by atoms with E-state index < -0.39 is 0 Å². The molecule has 0 fully saturated rings. The van der Waals surface area contributed by atoms with Crippen LogP contribution in [0, 0.1) is 5.82 Å². The first-order valence-corrected chi connectivity index (χ1v) is 5.63. The molecule has 0 spiro atoms. The Hall–Kier alpha value is -0.331. The van der Waals surface area contributed by atoms with Gasteiger partial charge in [0, 0.05) is 0 Å². The zero-order chi connectivity index (χ0) is 6.97. The molecule has 0 saturated heterocycles. The Labute approximate surface area is 65.6 Å². The van der Waals surface area contributed by atoms with Crippen molar-refractivity contribution in [3.05, 3.63) is 35.1 Å². The number of benzene rings is 1. The second kappa shape index (κ2) is 2.37. The number of hydrogen-bond donors (Lipinski definition) is 0. The quantitative estimate of drug-likeness (QED) is 0.558. The summed E-state index contributed by atoms with van der Waals surface area (Å²) in [6.45, 7) is 0. The third kappa shape index (κ3) is 0.979. The van der Waals surface area contributed by atoms with Gasteiger partial charge < -0.3 is 0 Å². The van der Waals surface area contributed by atoms with Gasteiger partial charge in [0.2, 0.25) is 0 Å². The van der Waals surface area contributed by atoms with Crippen molar-refractivity contribution in [2.24, 2.45) is 0 Å². The molecule has 0 nitrogen and oxygen atoms in total. The summed E-state index contributed by atoms with van der Waals surface area (Å²) in [4.78, 5) is 0. The molecular formula is C8H7FSe. The van der Waals surface area contributed by atoms with Gasteiger partial charge in [-0.3, -0.25) is 0 Å². The molecule has 1 heterocycles. The second-order valence-electron chi connectivity index (χ2n) is 2.41. The van der Waals surface area contributed by atoms with Crippen molar-refractivity contribution >= 4 is 15.0 Å². The standard InChI is InChI=1S/C8H7FSe/c9-8-2-1-6-4-10-5-7(6)3-8/h1-3H,4-5H2. The predicted molar refractivity (Wildman–Crippen MR) is 39.6 cm³/mol. The van der Waals surface area contributed by atoms with Gasteiger partial charge in [-0.1, -0.05) is 0 Å². The predicted octanol–water partition coefficient (Wildman–Crippen LogP) is 1.54. The van der Waals surface area contributed by atoms with Gasteiger partial charge in [0.15, 0.2) is 0 Å². The van der Waals surface area contributed by atoms with E-state index in [1.165, 1.54) is 16.4 Å². The maximum absolute atomic E-state index is 12.6. The first-order chi connectivity index (χ1) is 4.86. The molecule has 1 aliphatic heterocycles. The fourth-order valence-electron chi connectivity index (χ4n) is 1.14. The zero-order valence-electron chi connectivity index (χ0n) is 5.43. The number of halogens is 1. The van der Waals surface area contributed by atoms with Crippen molar-refractivity contribution in [3.8, 4) is 0 Å². The zero-order valence-corrected chi connectivity index (χ0v) is 7.15. The molecule has 0 aliphatic carbocycles. The van der Waals surface area contributed by atoms with Gasteiger partial charge in [-0.15, -0.1) is 0 Å². The maximum atomic E-state index is 12.6. The number of hydrogen-bond acceptors (Lipinski definition) is 0. The van der Waals surface area contributed by atoms with Crippen molar-refractivity contribution in [2.75, 3.05) is 0 Å². The molecule has 2 rings (SSSR count). The van der Waals surface area contributed by atoms with E-state index in [4.69, 9.17) is 0 Å². The van der Waals surface area contributed by atoms with Crippen LogP contribution in [0.25, 0.3) is 0 Å². The monoisotopic (exact) mass is 202 g/mol. The Balaban J connectivity index is 2.52. The van der Waals surface area contributed by atoms with E-state index in [2.05, 4.69) is 0 Å². The Morgan fingerprint density at radius 1 is 1.20 bits per heavy atom. The van der Waals surface area contributed by atoms with Crippen molar-refractivity contribution in [1.82, 2.24) is 0 Å². The minimum atomic E-state index is -0.0866. The first kappa shape index (κ1) is 6.38. The van der Waals surface area contributed by atoms with Crippen LogP contribution in [0.3, 0.4) is 0 Å². The van der Waals surface area contributed by atoms with Crippen LogP contribution in [0.2, 0.25) is 0 Å². The first-order valence-electron chi connectivity index (χ1n) is 3.21. The Morgan fingerprint density at radius 2 is 2.00 bits per heavy atom. The number of rotatable bonds is 0. The van der Waals surface area contributed by atoms with E-state index in [1.807, 2.05) is 6.07 Å². The molecule has 52 valence electrons. The van der Waals surface area contributed by atoms with Gasteiger partial charge in [-0.25, -0.2) is 0 Å². The summed E-state index contributed by atoms with van der Waals surface area (Å²) in [5, 5.41) is 2.32. The molecule has 1 aliphatic rings. The van der Waals surface area contributed by atoms with E-state index in [9.17, 15) is 4.39 Å². The van der Waals surface area contributed by atoms with Gasteiger partial charge >= 0.3 is 65.1 Å². The summed E-state index contributed by atoms with van der Waals surface area (Å²) in [6, 6.07) is 5.14. The van der Waals surface area contributed by atoms with Crippen LogP contribution in [0.15, 0.2) is 18.2 Å². The molecule has 1 aromatic rings. The fourth-order valence-corrected chi connectivity index (χ4v) is 3.43.